The first kappa shape index (κ1) is 11.3. The van der Waals surface area contributed by atoms with Crippen molar-refractivity contribution in [3.05, 3.63) is 34.9 Å². The fraction of sp³-hybridized carbons (Fsp3) is 0.538. The molecule has 0 radical (unpaired) electrons. The zero-order valence-corrected chi connectivity index (χ0v) is 10.9. The Morgan fingerprint density at radius 2 is 2.13 bits per heavy atom. The van der Waals surface area contributed by atoms with Crippen LogP contribution in [0.3, 0.4) is 0 Å². The summed E-state index contributed by atoms with van der Waals surface area (Å²) in [6, 6.07) is 6.71. The number of halogens is 1. The maximum atomic E-state index is 6.30. The van der Waals surface area contributed by atoms with Crippen molar-refractivity contribution in [1.82, 2.24) is 0 Å². The molecule has 2 rings (SSSR count). The molecule has 0 aliphatic carbocycles. The lowest BCUT2D eigenvalue weighted by Gasteiger charge is -2.14. The number of thioether (sulfide) groups is 1. The number of hydrogen-bond donors (Lipinski definition) is 0. The van der Waals surface area contributed by atoms with Gasteiger partial charge in [0.25, 0.3) is 0 Å². The Kier molecular flexibility index (Phi) is 3.63. The first-order valence-corrected chi connectivity index (χ1v) is 7.04. The molecule has 15 heavy (non-hydrogen) atoms. The highest BCUT2D eigenvalue weighted by Crippen LogP contribution is 2.31. The summed E-state index contributed by atoms with van der Waals surface area (Å²) in [5.74, 6) is 3.01. The summed E-state index contributed by atoms with van der Waals surface area (Å²) >= 11 is 8.29. The SMILES string of the molecule is Cc1ccc(C)c(CC2CSCC2Cl)c1. The molecule has 0 bridgehead atoms. The second kappa shape index (κ2) is 4.80. The number of aryl methyl sites for hydroxylation is 2. The van der Waals surface area contributed by atoms with Crippen LogP contribution in [0.1, 0.15) is 16.7 Å². The van der Waals surface area contributed by atoms with Gasteiger partial charge in [-0.3, -0.25) is 0 Å². The van der Waals surface area contributed by atoms with Crippen molar-refractivity contribution in [1.29, 1.82) is 0 Å². The molecular formula is C13H17ClS. The van der Waals surface area contributed by atoms with Crippen molar-refractivity contribution < 1.29 is 0 Å². The molecule has 0 nitrogen and oxygen atoms in total. The van der Waals surface area contributed by atoms with Crippen LogP contribution in [0.25, 0.3) is 0 Å². The van der Waals surface area contributed by atoms with Crippen LogP contribution in [0.2, 0.25) is 0 Å². The van der Waals surface area contributed by atoms with Gasteiger partial charge in [0.2, 0.25) is 0 Å². The maximum absolute atomic E-state index is 6.30. The molecule has 0 N–H and O–H groups in total. The molecule has 0 saturated carbocycles. The van der Waals surface area contributed by atoms with Crippen LogP contribution in [0.4, 0.5) is 0 Å². The third kappa shape index (κ3) is 2.70. The second-order valence-electron chi connectivity index (χ2n) is 4.45. The van der Waals surface area contributed by atoms with Crippen LogP contribution in [0.5, 0.6) is 0 Å². The van der Waals surface area contributed by atoms with E-state index in [0.29, 0.717) is 11.3 Å². The molecule has 1 fully saturated rings. The van der Waals surface area contributed by atoms with Gasteiger partial charge in [0.1, 0.15) is 0 Å². The third-order valence-electron chi connectivity index (χ3n) is 3.11. The summed E-state index contributed by atoms with van der Waals surface area (Å²) in [4.78, 5) is 0. The summed E-state index contributed by atoms with van der Waals surface area (Å²) in [5.41, 5.74) is 4.24. The average Bonchev–Trinajstić information content (AvgIpc) is 2.58. The lowest BCUT2D eigenvalue weighted by molar-refractivity contribution is 0.601. The van der Waals surface area contributed by atoms with E-state index in [1.807, 2.05) is 11.8 Å². The summed E-state index contributed by atoms with van der Waals surface area (Å²) in [7, 11) is 0. The predicted molar refractivity (Wildman–Crippen MR) is 70.1 cm³/mol. The number of benzene rings is 1. The van der Waals surface area contributed by atoms with Crippen LogP contribution in [-0.4, -0.2) is 16.9 Å². The molecular weight excluding hydrogens is 224 g/mol. The van der Waals surface area contributed by atoms with Gasteiger partial charge in [0.15, 0.2) is 0 Å². The number of rotatable bonds is 2. The molecule has 2 unspecified atom stereocenters. The number of alkyl halides is 1. The first-order valence-electron chi connectivity index (χ1n) is 5.45. The standard InChI is InChI=1S/C13H17ClS/c1-9-3-4-10(2)11(5-9)6-12-7-15-8-13(12)14/h3-5,12-13H,6-8H2,1-2H3. The first-order chi connectivity index (χ1) is 7.16. The Morgan fingerprint density at radius 3 is 2.80 bits per heavy atom. The molecule has 1 aliphatic heterocycles. The Balaban J connectivity index is 2.12. The van der Waals surface area contributed by atoms with E-state index in [4.69, 9.17) is 11.6 Å². The Labute approximate surface area is 101 Å². The highest BCUT2D eigenvalue weighted by Gasteiger charge is 2.26. The molecule has 1 heterocycles. The van der Waals surface area contributed by atoms with Crippen LogP contribution < -0.4 is 0 Å². The highest BCUT2D eigenvalue weighted by atomic mass is 35.5. The van der Waals surface area contributed by atoms with Crippen molar-refractivity contribution in [2.24, 2.45) is 5.92 Å². The van der Waals surface area contributed by atoms with Gasteiger partial charge in [0.05, 0.1) is 0 Å². The van der Waals surface area contributed by atoms with Gasteiger partial charge >= 0.3 is 0 Å². The molecule has 1 aliphatic rings. The van der Waals surface area contributed by atoms with E-state index in [1.165, 1.54) is 22.4 Å². The van der Waals surface area contributed by atoms with E-state index < -0.39 is 0 Å². The van der Waals surface area contributed by atoms with E-state index in [1.54, 1.807) is 0 Å². The van der Waals surface area contributed by atoms with Gasteiger partial charge in [-0.25, -0.2) is 0 Å². The normalized spacial score (nSPS) is 25.8. The molecule has 0 amide bonds. The fourth-order valence-corrected chi connectivity index (χ4v) is 3.90. The lowest BCUT2D eigenvalue weighted by Crippen LogP contribution is -2.15. The fourth-order valence-electron chi connectivity index (χ4n) is 2.06. The maximum Gasteiger partial charge on any atom is 0.0465 e. The zero-order valence-electron chi connectivity index (χ0n) is 9.29. The van der Waals surface area contributed by atoms with E-state index in [2.05, 4.69) is 32.0 Å². The zero-order chi connectivity index (χ0) is 10.8. The van der Waals surface area contributed by atoms with Gasteiger partial charge in [-0.05, 0) is 43.1 Å². The second-order valence-corrected chi connectivity index (χ2v) is 6.08. The van der Waals surface area contributed by atoms with E-state index >= 15 is 0 Å². The predicted octanol–water partition coefficient (Wildman–Crippen LogP) is 3.82. The summed E-state index contributed by atoms with van der Waals surface area (Å²) in [5, 5.41) is 0.370. The summed E-state index contributed by atoms with van der Waals surface area (Å²) in [6.07, 6.45) is 1.15. The van der Waals surface area contributed by atoms with Gasteiger partial charge in [-0.1, -0.05) is 23.8 Å². The Bertz CT molecular complexity index is 348. The van der Waals surface area contributed by atoms with Gasteiger partial charge in [-0.15, -0.1) is 11.6 Å². The monoisotopic (exact) mass is 240 g/mol. The van der Waals surface area contributed by atoms with Crippen LogP contribution in [0.15, 0.2) is 18.2 Å². The van der Waals surface area contributed by atoms with E-state index in [0.717, 1.165) is 12.2 Å². The van der Waals surface area contributed by atoms with E-state index in [-0.39, 0.29) is 0 Å². The summed E-state index contributed by atoms with van der Waals surface area (Å²) in [6.45, 7) is 4.35. The summed E-state index contributed by atoms with van der Waals surface area (Å²) < 4.78 is 0. The van der Waals surface area contributed by atoms with Crippen molar-refractivity contribution in [2.45, 2.75) is 25.6 Å². The Morgan fingerprint density at radius 1 is 1.33 bits per heavy atom. The van der Waals surface area contributed by atoms with Crippen molar-refractivity contribution in [3.8, 4) is 0 Å². The minimum absolute atomic E-state index is 0.370. The van der Waals surface area contributed by atoms with Gasteiger partial charge < -0.3 is 0 Å². The average molecular weight is 241 g/mol. The Hall–Kier alpha value is -0.140. The third-order valence-corrected chi connectivity index (χ3v) is 5.06. The van der Waals surface area contributed by atoms with Crippen LogP contribution >= 0.6 is 23.4 Å². The largest absolute Gasteiger partial charge is 0.160 e. The van der Waals surface area contributed by atoms with Crippen molar-refractivity contribution >= 4 is 23.4 Å². The molecule has 82 valence electrons. The van der Waals surface area contributed by atoms with E-state index in [9.17, 15) is 0 Å². The van der Waals surface area contributed by atoms with Crippen LogP contribution in [-0.2, 0) is 6.42 Å². The minimum Gasteiger partial charge on any atom is -0.160 e. The van der Waals surface area contributed by atoms with Gasteiger partial charge in [-0.2, -0.15) is 11.8 Å². The molecule has 1 saturated heterocycles. The molecule has 0 spiro atoms. The van der Waals surface area contributed by atoms with Crippen LogP contribution in [0, 0.1) is 19.8 Å². The molecule has 0 aromatic heterocycles. The van der Waals surface area contributed by atoms with Crippen molar-refractivity contribution in [3.63, 3.8) is 0 Å². The number of hydrogen-bond acceptors (Lipinski definition) is 1. The topological polar surface area (TPSA) is 0 Å². The minimum atomic E-state index is 0.370. The molecule has 1 aromatic carbocycles. The van der Waals surface area contributed by atoms with Crippen molar-refractivity contribution in [2.75, 3.05) is 11.5 Å². The van der Waals surface area contributed by atoms with Gasteiger partial charge in [0, 0.05) is 11.1 Å². The molecule has 2 heteroatoms. The highest BCUT2D eigenvalue weighted by molar-refractivity contribution is 7.99. The molecule has 2 atom stereocenters. The molecule has 1 aromatic rings. The lowest BCUT2D eigenvalue weighted by atomic mass is 9.94. The smallest absolute Gasteiger partial charge is 0.0465 e. The quantitative estimate of drug-likeness (QED) is 0.709.